The van der Waals surface area contributed by atoms with E-state index in [1.165, 1.54) is 30.0 Å². The first-order valence-corrected chi connectivity index (χ1v) is 11.7. The third kappa shape index (κ3) is 7.90. The fourth-order valence-electron chi connectivity index (χ4n) is 3.72. The monoisotopic (exact) mass is 491 g/mol. The van der Waals surface area contributed by atoms with Crippen LogP contribution in [-0.4, -0.2) is 39.6 Å². The summed E-state index contributed by atoms with van der Waals surface area (Å²) in [6.07, 6.45) is 9.50. The van der Waals surface area contributed by atoms with Crippen molar-refractivity contribution < 1.29 is 24.2 Å². The summed E-state index contributed by atoms with van der Waals surface area (Å²) in [7, 11) is 1.24. The topological polar surface area (TPSA) is 128 Å². The highest BCUT2D eigenvalue weighted by Gasteiger charge is 2.11. The number of pyridine rings is 2. The number of unbranched alkanes of at least 4 members (excludes halogenated alkanes) is 3. The van der Waals surface area contributed by atoms with Crippen LogP contribution >= 0.6 is 0 Å². The minimum atomic E-state index is -0.759. The standard InChI is InChI=1S/C27H29N3O6/c1-36-26(34)18-30-17-23(11-12-24(30)31)29-27(35)21-9-6-8-20(14-21)22-13-19(15-28-16-22)7-4-2-3-5-10-25(32)33/h6,8-9,11-17H,2-5,7,10,18H2,1H3,(H,29,35)(H,32,33). The van der Waals surface area contributed by atoms with Crippen molar-refractivity contribution in [3.05, 3.63) is 82.5 Å². The number of benzene rings is 1. The Morgan fingerprint density at radius 3 is 2.58 bits per heavy atom. The van der Waals surface area contributed by atoms with Crippen molar-refractivity contribution in [3.8, 4) is 11.1 Å². The summed E-state index contributed by atoms with van der Waals surface area (Å²) in [4.78, 5) is 51.3. The number of amides is 1. The van der Waals surface area contributed by atoms with Gasteiger partial charge in [-0.25, -0.2) is 0 Å². The van der Waals surface area contributed by atoms with Gasteiger partial charge in [-0.2, -0.15) is 0 Å². The SMILES string of the molecule is COC(=O)Cn1cc(NC(=O)c2cccc(-c3cncc(CCCCCCC(=O)O)c3)c2)ccc1=O. The number of methoxy groups -OCH3 is 1. The molecular formula is C27H29N3O6. The first kappa shape index (κ1) is 26.3. The molecule has 0 aliphatic rings. The van der Waals surface area contributed by atoms with E-state index in [4.69, 9.17) is 5.11 Å². The summed E-state index contributed by atoms with van der Waals surface area (Å²) < 4.78 is 5.77. The first-order chi connectivity index (χ1) is 17.4. The summed E-state index contributed by atoms with van der Waals surface area (Å²) in [5, 5.41) is 11.5. The molecule has 2 heterocycles. The molecule has 1 amide bonds. The Morgan fingerprint density at radius 1 is 1.00 bits per heavy atom. The molecule has 0 aliphatic carbocycles. The number of carbonyl (C=O) groups excluding carboxylic acids is 2. The van der Waals surface area contributed by atoms with Gasteiger partial charge in [0.05, 0.1) is 12.8 Å². The molecule has 2 N–H and O–H groups in total. The van der Waals surface area contributed by atoms with Crippen molar-refractivity contribution in [2.24, 2.45) is 0 Å². The average Bonchev–Trinajstić information content (AvgIpc) is 2.88. The Balaban J connectivity index is 1.65. The quantitative estimate of drug-likeness (QED) is 0.290. The van der Waals surface area contributed by atoms with Crippen molar-refractivity contribution in [1.29, 1.82) is 0 Å². The molecule has 0 radical (unpaired) electrons. The number of nitrogens with one attached hydrogen (secondary N) is 1. The van der Waals surface area contributed by atoms with E-state index in [1.807, 2.05) is 18.3 Å². The number of hydrogen-bond acceptors (Lipinski definition) is 6. The number of esters is 1. The molecule has 0 aliphatic heterocycles. The second-order valence-electron chi connectivity index (χ2n) is 8.38. The maximum absolute atomic E-state index is 12.9. The Hall–Kier alpha value is -4.27. The minimum absolute atomic E-state index is 0.207. The van der Waals surface area contributed by atoms with E-state index in [9.17, 15) is 19.2 Å². The van der Waals surface area contributed by atoms with Crippen LogP contribution in [0.5, 0.6) is 0 Å². The number of carboxylic acid groups (broad SMARTS) is 1. The molecule has 36 heavy (non-hydrogen) atoms. The van der Waals surface area contributed by atoms with Crippen molar-refractivity contribution >= 4 is 23.5 Å². The molecular weight excluding hydrogens is 462 g/mol. The van der Waals surface area contributed by atoms with Crippen LogP contribution in [-0.2, 0) is 27.3 Å². The van der Waals surface area contributed by atoms with Gasteiger partial charge in [-0.05, 0) is 54.7 Å². The third-order valence-electron chi connectivity index (χ3n) is 5.63. The molecule has 3 aromatic rings. The molecule has 0 spiro atoms. The van der Waals surface area contributed by atoms with Crippen LogP contribution in [0.3, 0.4) is 0 Å². The highest BCUT2D eigenvalue weighted by atomic mass is 16.5. The van der Waals surface area contributed by atoms with Gasteiger partial charge in [-0.1, -0.05) is 25.0 Å². The van der Waals surface area contributed by atoms with Gasteiger partial charge in [-0.3, -0.25) is 24.2 Å². The molecule has 0 bridgehead atoms. The minimum Gasteiger partial charge on any atom is -0.481 e. The average molecular weight is 492 g/mol. The van der Waals surface area contributed by atoms with Gasteiger partial charge in [0.2, 0.25) is 0 Å². The Kier molecular flexibility index (Phi) is 9.50. The Labute approximate surface area is 208 Å². The summed E-state index contributed by atoms with van der Waals surface area (Å²) >= 11 is 0. The predicted octanol–water partition coefficient (Wildman–Crippen LogP) is 3.91. The van der Waals surface area contributed by atoms with Gasteiger partial charge in [0, 0.05) is 42.2 Å². The van der Waals surface area contributed by atoms with Crippen LogP contribution in [0.25, 0.3) is 11.1 Å². The smallest absolute Gasteiger partial charge is 0.325 e. The largest absolute Gasteiger partial charge is 0.481 e. The van der Waals surface area contributed by atoms with Crippen LogP contribution in [0.4, 0.5) is 5.69 Å². The molecule has 0 saturated heterocycles. The Bertz CT molecular complexity index is 1280. The van der Waals surface area contributed by atoms with Crippen LogP contribution in [0, 0.1) is 0 Å². The summed E-state index contributed by atoms with van der Waals surface area (Å²) in [6.45, 7) is -0.250. The number of carboxylic acids is 1. The molecule has 3 rings (SSSR count). The maximum atomic E-state index is 12.9. The number of aliphatic carboxylic acids is 1. The van der Waals surface area contributed by atoms with Gasteiger partial charge in [0.1, 0.15) is 6.54 Å². The van der Waals surface area contributed by atoms with Crippen molar-refractivity contribution in [3.63, 3.8) is 0 Å². The zero-order valence-electron chi connectivity index (χ0n) is 20.1. The van der Waals surface area contributed by atoms with Crippen LogP contribution in [0.1, 0.15) is 48.0 Å². The van der Waals surface area contributed by atoms with Crippen molar-refractivity contribution in [2.45, 2.75) is 45.1 Å². The van der Waals surface area contributed by atoms with E-state index in [0.29, 0.717) is 17.7 Å². The summed E-state index contributed by atoms with van der Waals surface area (Å²) in [5.74, 6) is -1.68. The lowest BCUT2D eigenvalue weighted by atomic mass is 10.0. The van der Waals surface area contributed by atoms with Gasteiger partial charge in [0.25, 0.3) is 11.5 Å². The number of aromatic nitrogens is 2. The molecule has 1 aromatic carbocycles. The zero-order valence-corrected chi connectivity index (χ0v) is 20.1. The molecule has 2 aromatic heterocycles. The predicted molar refractivity (Wildman–Crippen MR) is 135 cm³/mol. The second kappa shape index (κ2) is 13.0. The Morgan fingerprint density at radius 2 is 1.81 bits per heavy atom. The van der Waals surface area contributed by atoms with Gasteiger partial charge in [-0.15, -0.1) is 0 Å². The lowest BCUT2D eigenvalue weighted by Gasteiger charge is -2.10. The molecule has 0 saturated carbocycles. The highest BCUT2D eigenvalue weighted by Crippen LogP contribution is 2.22. The number of anilines is 1. The second-order valence-corrected chi connectivity index (χ2v) is 8.38. The number of hydrogen-bond donors (Lipinski definition) is 2. The van der Waals surface area contributed by atoms with Gasteiger partial charge >= 0.3 is 11.9 Å². The van der Waals surface area contributed by atoms with E-state index < -0.39 is 11.9 Å². The zero-order chi connectivity index (χ0) is 25.9. The van der Waals surface area contributed by atoms with Gasteiger partial charge < -0.3 is 19.7 Å². The molecule has 0 unspecified atom stereocenters. The van der Waals surface area contributed by atoms with E-state index in [2.05, 4.69) is 15.0 Å². The molecule has 9 nitrogen and oxygen atoms in total. The van der Waals surface area contributed by atoms with Crippen molar-refractivity contribution in [1.82, 2.24) is 9.55 Å². The summed E-state index contributed by atoms with van der Waals surface area (Å²) in [5.41, 5.74) is 3.23. The first-order valence-electron chi connectivity index (χ1n) is 11.7. The lowest BCUT2D eigenvalue weighted by Crippen LogP contribution is -2.24. The lowest BCUT2D eigenvalue weighted by molar-refractivity contribution is -0.141. The summed E-state index contributed by atoms with van der Waals surface area (Å²) in [6, 6.07) is 12.0. The molecule has 188 valence electrons. The van der Waals surface area contributed by atoms with E-state index in [0.717, 1.165) is 42.4 Å². The highest BCUT2D eigenvalue weighted by molar-refractivity contribution is 6.04. The van der Waals surface area contributed by atoms with E-state index >= 15 is 0 Å². The fourth-order valence-corrected chi connectivity index (χ4v) is 3.72. The number of carbonyl (C=O) groups is 3. The van der Waals surface area contributed by atoms with E-state index in [-0.39, 0.29) is 24.4 Å². The maximum Gasteiger partial charge on any atom is 0.325 e. The molecule has 9 heteroatoms. The van der Waals surface area contributed by atoms with Crippen LogP contribution in [0.15, 0.2) is 65.8 Å². The van der Waals surface area contributed by atoms with Crippen molar-refractivity contribution in [2.75, 3.05) is 12.4 Å². The molecule has 0 atom stereocenters. The van der Waals surface area contributed by atoms with Gasteiger partial charge in [0.15, 0.2) is 0 Å². The number of ether oxygens (including phenoxy) is 1. The fraction of sp³-hybridized carbons (Fsp3) is 0.296. The number of nitrogens with zero attached hydrogens (tertiary/aromatic N) is 2. The molecule has 0 fully saturated rings. The van der Waals surface area contributed by atoms with E-state index in [1.54, 1.807) is 24.4 Å². The number of rotatable bonds is 12. The normalized spacial score (nSPS) is 10.6. The van der Waals surface area contributed by atoms with Crippen LogP contribution in [0.2, 0.25) is 0 Å². The number of aryl methyl sites for hydroxylation is 1. The van der Waals surface area contributed by atoms with Crippen LogP contribution < -0.4 is 10.9 Å². The third-order valence-corrected chi connectivity index (χ3v) is 5.63.